The minimum absolute atomic E-state index is 0.0299. The summed E-state index contributed by atoms with van der Waals surface area (Å²) in [5, 5.41) is 2.84. The fraction of sp³-hybridized carbons (Fsp3) is 0.333. The largest absolute Gasteiger partial charge is 0.348 e. The van der Waals surface area contributed by atoms with Crippen LogP contribution in [0.15, 0.2) is 30.3 Å². The smallest absolute Gasteiger partial charge is 0.251 e. The Morgan fingerprint density at radius 2 is 2.06 bits per heavy atom. The third-order valence-electron chi connectivity index (χ3n) is 2.26. The van der Waals surface area contributed by atoms with E-state index in [1.54, 1.807) is 12.1 Å². The van der Waals surface area contributed by atoms with Gasteiger partial charge in [-0.2, -0.15) is 0 Å². The summed E-state index contributed by atoms with van der Waals surface area (Å²) in [7, 11) is 0. The van der Waals surface area contributed by atoms with E-state index in [2.05, 4.69) is 21.2 Å². The van der Waals surface area contributed by atoms with Crippen LogP contribution in [0.1, 0.15) is 23.7 Å². The van der Waals surface area contributed by atoms with Crippen molar-refractivity contribution in [2.24, 2.45) is 0 Å². The van der Waals surface area contributed by atoms with Gasteiger partial charge in [-0.05, 0) is 19.1 Å². The maximum Gasteiger partial charge on any atom is 0.251 e. The van der Waals surface area contributed by atoms with Crippen molar-refractivity contribution in [3.05, 3.63) is 35.9 Å². The van der Waals surface area contributed by atoms with Gasteiger partial charge in [0.05, 0.1) is 0 Å². The second kappa shape index (κ2) is 6.43. The molecule has 0 spiro atoms. The zero-order valence-corrected chi connectivity index (χ0v) is 10.6. The fourth-order valence-electron chi connectivity index (χ4n) is 1.27. The number of carbonyl (C=O) groups excluding carboxylic acids is 2. The Labute approximate surface area is 103 Å². The molecule has 1 aromatic carbocycles. The molecular formula is C12H14BrNO2. The van der Waals surface area contributed by atoms with Crippen LogP contribution in [0, 0.1) is 0 Å². The molecular weight excluding hydrogens is 270 g/mol. The van der Waals surface area contributed by atoms with Gasteiger partial charge in [-0.1, -0.05) is 34.1 Å². The van der Waals surface area contributed by atoms with E-state index in [4.69, 9.17) is 0 Å². The highest BCUT2D eigenvalue weighted by Crippen LogP contribution is 2.09. The van der Waals surface area contributed by atoms with Gasteiger partial charge < -0.3 is 10.1 Å². The summed E-state index contributed by atoms with van der Waals surface area (Å²) in [5.41, 5.74) is 0.625. The predicted molar refractivity (Wildman–Crippen MR) is 66.8 cm³/mol. The molecule has 0 heterocycles. The third-order valence-corrected chi connectivity index (χ3v) is 3.43. The lowest BCUT2D eigenvalue weighted by molar-refractivity contribution is -0.107. The van der Waals surface area contributed by atoms with Crippen LogP contribution in [0.4, 0.5) is 0 Å². The Balaban J connectivity index is 2.55. The SMILES string of the molecule is CC(NC(=O)c1ccccc1)C(Br)CC=O. The number of nitrogens with one attached hydrogen (secondary N) is 1. The molecule has 3 nitrogen and oxygen atoms in total. The molecule has 2 unspecified atom stereocenters. The normalized spacial score (nSPS) is 13.9. The average molecular weight is 284 g/mol. The van der Waals surface area contributed by atoms with E-state index in [9.17, 15) is 9.59 Å². The van der Waals surface area contributed by atoms with Crippen LogP contribution < -0.4 is 5.32 Å². The van der Waals surface area contributed by atoms with Gasteiger partial charge in [-0.3, -0.25) is 4.79 Å². The molecule has 0 saturated heterocycles. The van der Waals surface area contributed by atoms with E-state index in [-0.39, 0.29) is 16.8 Å². The third kappa shape index (κ3) is 3.77. The van der Waals surface area contributed by atoms with Gasteiger partial charge in [-0.15, -0.1) is 0 Å². The summed E-state index contributed by atoms with van der Waals surface area (Å²) in [6.45, 7) is 1.86. The van der Waals surface area contributed by atoms with E-state index in [1.165, 1.54) is 0 Å². The Morgan fingerprint density at radius 3 is 2.62 bits per heavy atom. The highest BCUT2D eigenvalue weighted by molar-refractivity contribution is 9.09. The minimum atomic E-state index is -0.122. The van der Waals surface area contributed by atoms with Crippen molar-refractivity contribution in [3.63, 3.8) is 0 Å². The maximum absolute atomic E-state index is 11.7. The number of carbonyl (C=O) groups is 2. The number of benzene rings is 1. The molecule has 1 aromatic rings. The molecule has 0 radical (unpaired) electrons. The summed E-state index contributed by atoms with van der Waals surface area (Å²) in [6.07, 6.45) is 1.22. The summed E-state index contributed by atoms with van der Waals surface area (Å²) >= 11 is 3.36. The number of halogens is 1. The molecule has 0 aliphatic carbocycles. The van der Waals surface area contributed by atoms with Crippen LogP contribution in [-0.2, 0) is 4.79 Å². The first-order valence-electron chi connectivity index (χ1n) is 5.08. The predicted octanol–water partition coefficient (Wildman–Crippen LogP) is 2.16. The van der Waals surface area contributed by atoms with E-state index in [1.807, 2.05) is 25.1 Å². The molecule has 0 aliphatic rings. The summed E-state index contributed by atoms with van der Waals surface area (Å²) < 4.78 is 0. The minimum Gasteiger partial charge on any atom is -0.348 e. The molecule has 0 aromatic heterocycles. The highest BCUT2D eigenvalue weighted by atomic mass is 79.9. The van der Waals surface area contributed by atoms with Gasteiger partial charge in [0.25, 0.3) is 5.91 Å². The first-order valence-corrected chi connectivity index (χ1v) is 6.00. The van der Waals surface area contributed by atoms with E-state index >= 15 is 0 Å². The van der Waals surface area contributed by atoms with Crippen LogP contribution in [-0.4, -0.2) is 23.1 Å². The maximum atomic E-state index is 11.7. The molecule has 86 valence electrons. The quantitative estimate of drug-likeness (QED) is 0.665. The van der Waals surface area contributed by atoms with Gasteiger partial charge in [0.1, 0.15) is 6.29 Å². The van der Waals surface area contributed by atoms with E-state index in [0.717, 1.165) is 6.29 Å². The van der Waals surface area contributed by atoms with Gasteiger partial charge in [0.2, 0.25) is 0 Å². The molecule has 1 amide bonds. The topological polar surface area (TPSA) is 46.2 Å². The second-order valence-electron chi connectivity index (χ2n) is 3.55. The average Bonchev–Trinajstić information content (AvgIpc) is 2.30. The van der Waals surface area contributed by atoms with Crippen LogP contribution in [0.5, 0.6) is 0 Å². The van der Waals surface area contributed by atoms with Gasteiger partial charge >= 0.3 is 0 Å². The lowest BCUT2D eigenvalue weighted by atomic mass is 10.1. The molecule has 0 aliphatic heterocycles. The monoisotopic (exact) mass is 283 g/mol. The fourth-order valence-corrected chi connectivity index (χ4v) is 1.55. The first-order chi connectivity index (χ1) is 7.65. The second-order valence-corrected chi connectivity index (χ2v) is 4.72. The standard InChI is InChI=1S/C12H14BrNO2/c1-9(11(13)7-8-15)14-12(16)10-5-3-2-4-6-10/h2-6,8-9,11H,7H2,1H3,(H,14,16). The Bertz CT molecular complexity index is 353. The summed E-state index contributed by atoms with van der Waals surface area (Å²) in [6, 6.07) is 8.92. The molecule has 4 heteroatoms. The lowest BCUT2D eigenvalue weighted by Gasteiger charge is -2.17. The molecule has 2 atom stereocenters. The Morgan fingerprint density at radius 1 is 1.44 bits per heavy atom. The number of aldehydes is 1. The molecule has 0 bridgehead atoms. The molecule has 0 fully saturated rings. The lowest BCUT2D eigenvalue weighted by Crippen LogP contribution is -2.38. The van der Waals surface area contributed by atoms with Crippen LogP contribution in [0.25, 0.3) is 0 Å². The summed E-state index contributed by atoms with van der Waals surface area (Å²) in [5.74, 6) is -0.122. The van der Waals surface area contributed by atoms with E-state index in [0.29, 0.717) is 12.0 Å². The molecule has 1 rings (SSSR count). The number of hydrogen-bond acceptors (Lipinski definition) is 2. The van der Waals surface area contributed by atoms with E-state index < -0.39 is 0 Å². The number of amides is 1. The van der Waals surface area contributed by atoms with Gasteiger partial charge in [0.15, 0.2) is 0 Å². The van der Waals surface area contributed by atoms with Crippen molar-refractivity contribution in [2.45, 2.75) is 24.2 Å². The van der Waals surface area contributed by atoms with Crippen molar-refractivity contribution in [1.82, 2.24) is 5.32 Å². The van der Waals surface area contributed by atoms with Crippen molar-refractivity contribution >= 4 is 28.1 Å². The first kappa shape index (κ1) is 12.9. The zero-order chi connectivity index (χ0) is 12.0. The number of hydrogen-bond donors (Lipinski definition) is 1. The van der Waals surface area contributed by atoms with Crippen molar-refractivity contribution < 1.29 is 9.59 Å². The highest BCUT2D eigenvalue weighted by Gasteiger charge is 2.16. The number of rotatable bonds is 5. The van der Waals surface area contributed by atoms with Gasteiger partial charge in [0, 0.05) is 22.9 Å². The Hall–Kier alpha value is -1.16. The van der Waals surface area contributed by atoms with Crippen molar-refractivity contribution in [1.29, 1.82) is 0 Å². The molecule has 16 heavy (non-hydrogen) atoms. The molecule has 0 saturated carbocycles. The van der Waals surface area contributed by atoms with Crippen molar-refractivity contribution in [2.75, 3.05) is 0 Å². The zero-order valence-electron chi connectivity index (χ0n) is 9.02. The van der Waals surface area contributed by atoms with Crippen molar-refractivity contribution in [3.8, 4) is 0 Å². The summed E-state index contributed by atoms with van der Waals surface area (Å²) in [4.78, 5) is 22.0. The molecule has 1 N–H and O–H groups in total. The van der Waals surface area contributed by atoms with Crippen LogP contribution >= 0.6 is 15.9 Å². The van der Waals surface area contributed by atoms with Crippen LogP contribution in [0.3, 0.4) is 0 Å². The Kier molecular flexibility index (Phi) is 5.19. The van der Waals surface area contributed by atoms with Crippen LogP contribution in [0.2, 0.25) is 0 Å². The van der Waals surface area contributed by atoms with Gasteiger partial charge in [-0.25, -0.2) is 0 Å². The number of alkyl halides is 1.